The van der Waals surface area contributed by atoms with Gasteiger partial charge >= 0.3 is 5.97 Å². The maximum absolute atomic E-state index is 12.3. The Hall–Kier alpha value is -3.06. The van der Waals surface area contributed by atoms with Crippen LogP contribution in [0.25, 0.3) is 0 Å². The first kappa shape index (κ1) is 19.7. The molecule has 0 fully saturated rings. The van der Waals surface area contributed by atoms with E-state index in [4.69, 9.17) is 14.2 Å². The molecule has 0 bridgehead atoms. The molecule has 28 heavy (non-hydrogen) atoms. The molecule has 3 rings (SSSR count). The number of hydrogen-bond donors (Lipinski definition) is 2. The van der Waals surface area contributed by atoms with Crippen molar-refractivity contribution in [2.24, 2.45) is 0 Å². The predicted octanol–water partition coefficient (Wildman–Crippen LogP) is 3.26. The van der Waals surface area contributed by atoms with Crippen LogP contribution >= 0.6 is 0 Å². The number of methoxy groups -OCH3 is 1. The Kier molecular flexibility index (Phi) is 5.56. The van der Waals surface area contributed by atoms with Crippen LogP contribution in [-0.4, -0.2) is 36.3 Å². The average molecular weight is 385 g/mol. The molecule has 1 amide bonds. The first-order valence-corrected chi connectivity index (χ1v) is 8.87. The number of benzene rings is 2. The fourth-order valence-electron chi connectivity index (χ4n) is 3.18. The molecule has 7 nitrogen and oxygen atoms in total. The third-order valence-electron chi connectivity index (χ3n) is 4.25. The highest BCUT2D eigenvalue weighted by Crippen LogP contribution is 2.41. The molecule has 148 valence electrons. The van der Waals surface area contributed by atoms with Crippen LogP contribution in [0.4, 0.5) is 5.69 Å². The van der Waals surface area contributed by atoms with E-state index in [-0.39, 0.29) is 24.4 Å². The lowest BCUT2D eigenvalue weighted by molar-refractivity contribution is -0.118. The molecule has 0 aliphatic carbocycles. The van der Waals surface area contributed by atoms with E-state index in [1.54, 1.807) is 12.1 Å². The first-order chi connectivity index (χ1) is 13.3. The molecule has 0 unspecified atom stereocenters. The summed E-state index contributed by atoms with van der Waals surface area (Å²) in [5.41, 5.74) is 1.83. The van der Waals surface area contributed by atoms with Gasteiger partial charge in [-0.15, -0.1) is 0 Å². The quantitative estimate of drug-likeness (QED) is 0.760. The Morgan fingerprint density at radius 3 is 2.75 bits per heavy atom. The number of carbonyl (C=O) groups excluding carboxylic acids is 1. The zero-order valence-corrected chi connectivity index (χ0v) is 16.1. The Morgan fingerprint density at radius 2 is 2.04 bits per heavy atom. The minimum Gasteiger partial charge on any atom is -0.483 e. The zero-order chi connectivity index (χ0) is 20.3. The molecule has 0 radical (unpaired) electrons. The Morgan fingerprint density at radius 1 is 1.25 bits per heavy atom. The van der Waals surface area contributed by atoms with Crippen molar-refractivity contribution >= 4 is 17.6 Å². The lowest BCUT2D eigenvalue weighted by Gasteiger charge is -2.18. The van der Waals surface area contributed by atoms with E-state index in [0.717, 1.165) is 12.0 Å². The van der Waals surface area contributed by atoms with Crippen molar-refractivity contribution in [1.29, 1.82) is 0 Å². The number of amides is 1. The topological polar surface area (TPSA) is 94.1 Å². The van der Waals surface area contributed by atoms with Crippen LogP contribution in [0.15, 0.2) is 36.4 Å². The molecule has 2 aromatic carbocycles. The normalized spacial score (nSPS) is 14.1. The molecule has 0 saturated carbocycles. The lowest BCUT2D eigenvalue weighted by Crippen LogP contribution is -2.25. The van der Waals surface area contributed by atoms with E-state index in [1.165, 1.54) is 19.2 Å². The summed E-state index contributed by atoms with van der Waals surface area (Å²) in [7, 11) is 1.52. The fourth-order valence-corrected chi connectivity index (χ4v) is 3.18. The summed E-state index contributed by atoms with van der Waals surface area (Å²) < 4.78 is 16.6. The van der Waals surface area contributed by atoms with Gasteiger partial charge in [0.15, 0.2) is 18.1 Å². The number of fused-ring (bicyclic) bond motifs is 1. The van der Waals surface area contributed by atoms with Gasteiger partial charge in [0.25, 0.3) is 5.91 Å². The van der Waals surface area contributed by atoms with Crippen molar-refractivity contribution in [2.75, 3.05) is 19.0 Å². The van der Waals surface area contributed by atoms with Gasteiger partial charge in [-0.3, -0.25) is 4.79 Å². The number of nitrogens with one attached hydrogen (secondary N) is 1. The second kappa shape index (κ2) is 7.90. The van der Waals surface area contributed by atoms with Crippen LogP contribution in [0, 0.1) is 0 Å². The molecular weight excluding hydrogens is 362 g/mol. The number of rotatable bonds is 7. The highest BCUT2D eigenvalue weighted by Gasteiger charge is 2.32. The molecule has 1 aliphatic heterocycles. The van der Waals surface area contributed by atoms with Crippen molar-refractivity contribution in [3.8, 4) is 11.5 Å². The molecular formula is C21H23NO6. The minimum absolute atomic E-state index is 0.0716. The van der Waals surface area contributed by atoms with E-state index in [0.29, 0.717) is 22.7 Å². The van der Waals surface area contributed by atoms with Gasteiger partial charge in [-0.25, -0.2) is 4.79 Å². The molecule has 0 atom stereocenters. The first-order valence-electron chi connectivity index (χ1n) is 8.87. The number of aromatic carboxylic acids is 1. The van der Waals surface area contributed by atoms with Gasteiger partial charge in [-0.1, -0.05) is 12.1 Å². The third kappa shape index (κ3) is 4.61. The molecule has 0 aromatic heterocycles. The molecule has 1 aliphatic rings. The zero-order valence-electron chi connectivity index (χ0n) is 16.1. The minimum atomic E-state index is -1.08. The molecule has 7 heteroatoms. The van der Waals surface area contributed by atoms with Gasteiger partial charge in [0.05, 0.1) is 12.2 Å². The predicted molar refractivity (Wildman–Crippen MR) is 103 cm³/mol. The Labute approximate surface area is 163 Å². The smallest absolute Gasteiger partial charge is 0.335 e. The van der Waals surface area contributed by atoms with E-state index in [2.05, 4.69) is 5.32 Å². The number of carboxylic acid groups (broad SMARTS) is 1. The maximum Gasteiger partial charge on any atom is 0.335 e. The van der Waals surface area contributed by atoms with Crippen LogP contribution in [0.5, 0.6) is 11.5 Å². The van der Waals surface area contributed by atoms with Crippen molar-refractivity contribution in [1.82, 2.24) is 0 Å². The van der Waals surface area contributed by atoms with Crippen LogP contribution < -0.4 is 14.8 Å². The number of anilines is 1. The van der Waals surface area contributed by atoms with Gasteiger partial charge in [0.1, 0.15) is 5.60 Å². The van der Waals surface area contributed by atoms with Crippen molar-refractivity contribution in [3.05, 3.63) is 53.1 Å². The van der Waals surface area contributed by atoms with Gasteiger partial charge in [0, 0.05) is 24.8 Å². The largest absolute Gasteiger partial charge is 0.483 e. The second-order valence-electron chi connectivity index (χ2n) is 7.28. The summed E-state index contributed by atoms with van der Waals surface area (Å²) in [4.78, 5) is 23.6. The van der Waals surface area contributed by atoms with E-state index in [1.807, 2.05) is 26.0 Å². The number of ether oxygens (including phenoxy) is 3. The summed E-state index contributed by atoms with van der Waals surface area (Å²) in [5.74, 6) is -0.307. The standard InChI is InChI=1S/C21H23NO6/c1-21(2)10-14-5-4-6-17(19(14)28-21)27-12-18(23)22-16-8-13(11-26-3)7-15(9-16)20(24)25/h4-9H,10-12H2,1-3H3,(H,22,23)(H,24,25). The van der Waals surface area contributed by atoms with Crippen LogP contribution in [0.1, 0.15) is 35.3 Å². The number of carbonyl (C=O) groups is 2. The number of carboxylic acids is 1. The van der Waals surface area contributed by atoms with E-state index < -0.39 is 11.9 Å². The maximum atomic E-state index is 12.3. The summed E-state index contributed by atoms with van der Waals surface area (Å²) in [6.07, 6.45) is 0.774. The van der Waals surface area contributed by atoms with Crippen LogP contribution in [-0.2, 0) is 22.6 Å². The Bertz CT molecular complexity index is 906. The average Bonchev–Trinajstić information content (AvgIpc) is 2.94. The van der Waals surface area contributed by atoms with Crippen LogP contribution in [0.3, 0.4) is 0 Å². The monoisotopic (exact) mass is 385 g/mol. The molecule has 2 N–H and O–H groups in total. The van der Waals surface area contributed by atoms with Crippen molar-refractivity contribution in [2.45, 2.75) is 32.5 Å². The molecule has 2 aromatic rings. The highest BCUT2D eigenvalue weighted by molar-refractivity contribution is 5.94. The van der Waals surface area contributed by atoms with Crippen LogP contribution in [0.2, 0.25) is 0 Å². The van der Waals surface area contributed by atoms with Gasteiger partial charge in [-0.2, -0.15) is 0 Å². The highest BCUT2D eigenvalue weighted by atomic mass is 16.5. The van der Waals surface area contributed by atoms with E-state index >= 15 is 0 Å². The summed E-state index contributed by atoms with van der Waals surface area (Å²) >= 11 is 0. The lowest BCUT2D eigenvalue weighted by atomic mass is 10.0. The summed E-state index contributed by atoms with van der Waals surface area (Å²) in [6.45, 7) is 4.01. The van der Waals surface area contributed by atoms with E-state index in [9.17, 15) is 14.7 Å². The summed E-state index contributed by atoms with van der Waals surface area (Å²) in [5, 5.41) is 11.9. The molecule has 1 heterocycles. The van der Waals surface area contributed by atoms with Gasteiger partial charge in [0.2, 0.25) is 0 Å². The number of hydrogen-bond acceptors (Lipinski definition) is 5. The fraction of sp³-hybridized carbons (Fsp3) is 0.333. The van der Waals surface area contributed by atoms with Gasteiger partial charge < -0.3 is 24.6 Å². The molecule has 0 spiro atoms. The third-order valence-corrected chi connectivity index (χ3v) is 4.25. The second-order valence-corrected chi connectivity index (χ2v) is 7.28. The van der Waals surface area contributed by atoms with Crippen molar-refractivity contribution < 1.29 is 28.9 Å². The SMILES string of the molecule is COCc1cc(NC(=O)COc2cccc3c2OC(C)(C)C3)cc(C(=O)O)c1. The number of para-hydroxylation sites is 1. The summed E-state index contributed by atoms with van der Waals surface area (Å²) in [6, 6.07) is 10.2. The van der Waals surface area contributed by atoms with Gasteiger partial charge in [-0.05, 0) is 43.7 Å². The van der Waals surface area contributed by atoms with Crippen molar-refractivity contribution in [3.63, 3.8) is 0 Å². The Balaban J connectivity index is 1.68. The molecule has 0 saturated heterocycles.